The van der Waals surface area contributed by atoms with Crippen LogP contribution in [0.25, 0.3) is 0 Å². The third-order valence-corrected chi connectivity index (χ3v) is 2.34. The monoisotopic (exact) mass is 238 g/mol. The molecule has 17 heavy (non-hydrogen) atoms. The molecule has 92 valence electrons. The number of carboxylic acid groups (broad SMARTS) is 1. The lowest BCUT2D eigenvalue weighted by atomic mass is 10.0. The number of aromatic carboxylic acids is 1. The first-order valence-electron chi connectivity index (χ1n) is 4.91. The Balaban J connectivity index is 2.83. The number of primary amides is 1. The molecule has 0 fully saturated rings. The topological polar surface area (TPSA) is 118 Å². The van der Waals surface area contributed by atoms with E-state index in [1.54, 1.807) is 13.8 Å². The van der Waals surface area contributed by atoms with Gasteiger partial charge in [0.05, 0.1) is 11.2 Å². The summed E-state index contributed by atoms with van der Waals surface area (Å²) in [5, 5.41) is 11.7. The quantitative estimate of drug-likeness (QED) is 0.638. The predicted octanol–water partition coefficient (Wildman–Crippen LogP) is -0.472. The zero-order valence-corrected chi connectivity index (χ0v) is 9.60. The van der Waals surface area contributed by atoms with E-state index in [9.17, 15) is 9.59 Å². The lowest BCUT2D eigenvalue weighted by Gasteiger charge is -2.22. The first-order chi connectivity index (χ1) is 7.84. The SMILES string of the molecule is CC(C)(NCc1ncncc1C(=O)O)C(N)=O. The molecule has 1 heterocycles. The van der Waals surface area contributed by atoms with Crippen molar-refractivity contribution in [2.75, 3.05) is 0 Å². The highest BCUT2D eigenvalue weighted by Crippen LogP contribution is 2.07. The normalized spacial score (nSPS) is 11.2. The van der Waals surface area contributed by atoms with Crippen molar-refractivity contribution < 1.29 is 14.7 Å². The van der Waals surface area contributed by atoms with Crippen LogP contribution >= 0.6 is 0 Å². The summed E-state index contributed by atoms with van der Waals surface area (Å²) in [6.45, 7) is 3.34. The van der Waals surface area contributed by atoms with Crippen LogP contribution in [0, 0.1) is 0 Å². The Kier molecular flexibility index (Phi) is 3.74. The van der Waals surface area contributed by atoms with Crippen LogP contribution in [0.3, 0.4) is 0 Å². The van der Waals surface area contributed by atoms with E-state index in [0.29, 0.717) is 5.69 Å². The summed E-state index contributed by atoms with van der Waals surface area (Å²) < 4.78 is 0. The van der Waals surface area contributed by atoms with E-state index >= 15 is 0 Å². The van der Waals surface area contributed by atoms with Gasteiger partial charge in [-0.3, -0.25) is 10.1 Å². The first kappa shape index (κ1) is 13.0. The van der Waals surface area contributed by atoms with Gasteiger partial charge in [0.15, 0.2) is 0 Å². The Hall–Kier alpha value is -2.02. The number of hydrogen-bond acceptors (Lipinski definition) is 5. The molecule has 1 rings (SSSR count). The van der Waals surface area contributed by atoms with Crippen molar-refractivity contribution in [1.82, 2.24) is 15.3 Å². The predicted molar refractivity (Wildman–Crippen MR) is 59.1 cm³/mol. The lowest BCUT2D eigenvalue weighted by molar-refractivity contribution is -0.123. The molecule has 7 nitrogen and oxygen atoms in total. The molecular formula is C10H14N4O3. The minimum Gasteiger partial charge on any atom is -0.478 e. The van der Waals surface area contributed by atoms with Crippen LogP contribution in [-0.4, -0.2) is 32.5 Å². The molecule has 0 radical (unpaired) electrons. The maximum Gasteiger partial charge on any atom is 0.339 e. The standard InChI is InChI=1S/C10H14N4O3/c1-10(2,9(11)17)14-4-7-6(8(15)16)3-12-5-13-7/h3,5,14H,4H2,1-2H3,(H2,11,17)(H,15,16). The van der Waals surface area contributed by atoms with Crippen molar-refractivity contribution >= 4 is 11.9 Å². The zero-order chi connectivity index (χ0) is 13.1. The maximum absolute atomic E-state index is 11.1. The molecule has 0 aliphatic rings. The van der Waals surface area contributed by atoms with Gasteiger partial charge in [0.1, 0.15) is 11.9 Å². The molecule has 0 unspecified atom stereocenters. The van der Waals surface area contributed by atoms with Crippen LogP contribution in [-0.2, 0) is 11.3 Å². The van der Waals surface area contributed by atoms with Gasteiger partial charge in [-0.25, -0.2) is 14.8 Å². The summed E-state index contributed by atoms with van der Waals surface area (Å²) in [4.78, 5) is 29.4. The highest BCUT2D eigenvalue weighted by molar-refractivity contribution is 5.88. The number of amides is 1. The third-order valence-electron chi connectivity index (χ3n) is 2.34. The van der Waals surface area contributed by atoms with E-state index in [1.807, 2.05) is 0 Å². The summed E-state index contributed by atoms with van der Waals surface area (Å²) in [5.74, 6) is -1.64. The van der Waals surface area contributed by atoms with Gasteiger partial charge in [-0.05, 0) is 13.8 Å². The molecular weight excluding hydrogens is 224 g/mol. The van der Waals surface area contributed by atoms with E-state index in [4.69, 9.17) is 10.8 Å². The van der Waals surface area contributed by atoms with Crippen molar-refractivity contribution in [3.8, 4) is 0 Å². The number of aromatic nitrogens is 2. The van der Waals surface area contributed by atoms with Gasteiger partial charge < -0.3 is 10.8 Å². The van der Waals surface area contributed by atoms with Gasteiger partial charge in [-0.15, -0.1) is 0 Å². The molecule has 1 amide bonds. The average molecular weight is 238 g/mol. The Labute approximate surface area is 98.1 Å². The van der Waals surface area contributed by atoms with Crippen LogP contribution in [0.15, 0.2) is 12.5 Å². The van der Waals surface area contributed by atoms with Crippen LogP contribution < -0.4 is 11.1 Å². The van der Waals surface area contributed by atoms with Gasteiger partial charge in [0, 0.05) is 12.7 Å². The van der Waals surface area contributed by atoms with E-state index in [2.05, 4.69) is 15.3 Å². The number of nitrogens with two attached hydrogens (primary N) is 1. The molecule has 0 bridgehead atoms. The van der Waals surface area contributed by atoms with Crippen LogP contribution in [0.2, 0.25) is 0 Å². The molecule has 4 N–H and O–H groups in total. The Morgan fingerprint density at radius 1 is 1.53 bits per heavy atom. The number of hydrogen-bond donors (Lipinski definition) is 3. The number of carboxylic acids is 1. The second-order valence-corrected chi connectivity index (χ2v) is 4.03. The molecule has 0 saturated heterocycles. The number of carbonyl (C=O) groups excluding carboxylic acids is 1. The minimum atomic E-state index is -1.11. The third kappa shape index (κ3) is 3.22. The minimum absolute atomic E-state index is 0.000250. The molecule has 1 aromatic rings. The average Bonchev–Trinajstić information content (AvgIpc) is 2.26. The van der Waals surface area contributed by atoms with E-state index < -0.39 is 17.4 Å². The maximum atomic E-state index is 11.1. The van der Waals surface area contributed by atoms with E-state index in [0.717, 1.165) is 0 Å². The summed E-state index contributed by atoms with van der Waals surface area (Å²) in [7, 11) is 0. The molecule has 0 spiro atoms. The fourth-order valence-electron chi connectivity index (χ4n) is 1.07. The van der Waals surface area contributed by atoms with Gasteiger partial charge in [0.2, 0.25) is 5.91 Å². The highest BCUT2D eigenvalue weighted by atomic mass is 16.4. The molecule has 0 saturated carbocycles. The first-order valence-corrected chi connectivity index (χ1v) is 4.91. The summed E-state index contributed by atoms with van der Waals surface area (Å²) in [6, 6.07) is 0. The molecule has 0 aromatic carbocycles. The number of rotatable bonds is 5. The highest BCUT2D eigenvalue weighted by Gasteiger charge is 2.24. The van der Waals surface area contributed by atoms with E-state index in [-0.39, 0.29) is 12.1 Å². The molecule has 7 heteroatoms. The Bertz CT molecular complexity index is 445. The van der Waals surface area contributed by atoms with Crippen LogP contribution in [0.5, 0.6) is 0 Å². The molecule has 0 aliphatic carbocycles. The Morgan fingerprint density at radius 2 is 2.18 bits per heavy atom. The van der Waals surface area contributed by atoms with Gasteiger partial charge in [-0.2, -0.15) is 0 Å². The van der Waals surface area contributed by atoms with Crippen molar-refractivity contribution in [3.63, 3.8) is 0 Å². The second kappa shape index (κ2) is 4.88. The van der Waals surface area contributed by atoms with Crippen molar-refractivity contribution in [2.45, 2.75) is 25.9 Å². The van der Waals surface area contributed by atoms with Crippen molar-refractivity contribution in [3.05, 3.63) is 23.8 Å². The smallest absolute Gasteiger partial charge is 0.339 e. The summed E-state index contributed by atoms with van der Waals surface area (Å²) >= 11 is 0. The Morgan fingerprint density at radius 3 is 2.71 bits per heavy atom. The zero-order valence-electron chi connectivity index (χ0n) is 9.60. The fraction of sp³-hybridized carbons (Fsp3) is 0.400. The second-order valence-electron chi connectivity index (χ2n) is 4.03. The number of nitrogens with one attached hydrogen (secondary N) is 1. The summed E-state index contributed by atoms with van der Waals surface area (Å²) in [5.41, 5.74) is 4.56. The molecule has 0 aliphatic heterocycles. The molecule has 0 atom stereocenters. The van der Waals surface area contributed by atoms with Gasteiger partial charge in [0.25, 0.3) is 0 Å². The number of carbonyl (C=O) groups is 2. The van der Waals surface area contributed by atoms with Crippen LogP contribution in [0.4, 0.5) is 0 Å². The van der Waals surface area contributed by atoms with Crippen LogP contribution in [0.1, 0.15) is 29.9 Å². The van der Waals surface area contributed by atoms with Gasteiger partial charge >= 0.3 is 5.97 Å². The van der Waals surface area contributed by atoms with Crippen molar-refractivity contribution in [2.24, 2.45) is 5.73 Å². The fourth-order valence-corrected chi connectivity index (χ4v) is 1.07. The van der Waals surface area contributed by atoms with Gasteiger partial charge in [-0.1, -0.05) is 0 Å². The van der Waals surface area contributed by atoms with Crippen molar-refractivity contribution in [1.29, 1.82) is 0 Å². The largest absolute Gasteiger partial charge is 0.478 e. The number of nitrogens with zero attached hydrogens (tertiary/aromatic N) is 2. The summed E-state index contributed by atoms with van der Waals surface area (Å²) in [6.07, 6.45) is 2.46. The molecule has 1 aromatic heterocycles. The lowest BCUT2D eigenvalue weighted by Crippen LogP contribution is -2.50. The van der Waals surface area contributed by atoms with E-state index in [1.165, 1.54) is 12.5 Å².